The van der Waals surface area contributed by atoms with Crippen LogP contribution in [0.15, 0.2) is 158 Å². The molecule has 0 fully saturated rings. The van der Waals surface area contributed by atoms with Gasteiger partial charge in [0.2, 0.25) is 0 Å². The van der Waals surface area contributed by atoms with Crippen LogP contribution in [0.5, 0.6) is 0 Å². The summed E-state index contributed by atoms with van der Waals surface area (Å²) in [6.07, 6.45) is 2.22. The Kier molecular flexibility index (Phi) is 6.69. The van der Waals surface area contributed by atoms with E-state index in [0.29, 0.717) is 0 Å². The van der Waals surface area contributed by atoms with Crippen molar-refractivity contribution in [1.82, 2.24) is 0 Å². The molecule has 7 aromatic rings. The summed E-state index contributed by atoms with van der Waals surface area (Å²) in [5.74, 6) is 0. The molecule has 0 amide bonds. The molecule has 0 spiro atoms. The van der Waals surface area contributed by atoms with Crippen LogP contribution in [0.4, 0.5) is 0 Å². The monoisotopic (exact) mass is 572 g/mol. The van der Waals surface area contributed by atoms with Gasteiger partial charge in [-0.25, -0.2) is 0 Å². The minimum absolute atomic E-state index is 0.703. The van der Waals surface area contributed by atoms with Crippen molar-refractivity contribution in [2.75, 3.05) is 0 Å². The summed E-state index contributed by atoms with van der Waals surface area (Å²) < 4.78 is 0. The lowest BCUT2D eigenvalue weighted by molar-refractivity contribution is 0.974. The van der Waals surface area contributed by atoms with E-state index >= 15 is 0 Å². The first-order chi connectivity index (χ1) is 20.9. The predicted octanol–water partition coefficient (Wildman–Crippen LogP) is 7.61. The Bertz CT molecular complexity index is 1800. The first kappa shape index (κ1) is 25.6. The average molecular weight is 573 g/mol. The summed E-state index contributed by atoms with van der Waals surface area (Å²) >= 11 is 0. The van der Waals surface area contributed by atoms with Crippen molar-refractivity contribution in [3.05, 3.63) is 169 Å². The Morgan fingerprint density at radius 1 is 0.310 bits per heavy atom. The molecule has 0 heterocycles. The molecule has 0 saturated heterocycles. The molecule has 2 aliphatic carbocycles. The van der Waals surface area contributed by atoms with Crippen LogP contribution in [0.3, 0.4) is 0 Å². The highest BCUT2D eigenvalue weighted by Gasteiger charge is 2.29. The molecule has 2 bridgehead atoms. The molecule has 0 atom stereocenters. The summed E-state index contributed by atoms with van der Waals surface area (Å²) in [5.41, 5.74) is 3.06. The fourth-order valence-corrected chi connectivity index (χ4v) is 11.8. The third-order valence-corrected chi connectivity index (χ3v) is 13.5. The molecule has 2 heteroatoms. The third-order valence-electron chi connectivity index (χ3n) is 8.50. The summed E-state index contributed by atoms with van der Waals surface area (Å²) in [4.78, 5) is 0. The van der Waals surface area contributed by atoms with E-state index in [1.54, 1.807) is 5.56 Å². The van der Waals surface area contributed by atoms with E-state index in [1.807, 2.05) is 0 Å². The van der Waals surface area contributed by atoms with Crippen molar-refractivity contribution in [2.24, 2.45) is 0 Å². The van der Waals surface area contributed by atoms with Crippen molar-refractivity contribution in [1.29, 1.82) is 0 Å². The molecule has 0 aliphatic heterocycles. The van der Waals surface area contributed by atoms with Crippen LogP contribution >= 0.6 is 15.8 Å². The Labute approximate surface area is 250 Å². The number of hydrogen-bond donors (Lipinski definition) is 0. The summed E-state index contributed by atoms with van der Waals surface area (Å²) in [7, 11) is -1.41. The van der Waals surface area contributed by atoms with Crippen LogP contribution in [0.25, 0.3) is 21.5 Å². The van der Waals surface area contributed by atoms with Gasteiger partial charge in [-0.15, -0.1) is 0 Å². The van der Waals surface area contributed by atoms with E-state index in [2.05, 4.69) is 158 Å². The molecule has 0 unspecified atom stereocenters. The molecular weight excluding hydrogens is 542 g/mol. The van der Waals surface area contributed by atoms with Crippen LogP contribution in [0.2, 0.25) is 0 Å². The quantitative estimate of drug-likeness (QED) is 0.142. The van der Waals surface area contributed by atoms with Crippen LogP contribution in [-0.2, 0) is 12.8 Å². The van der Waals surface area contributed by atoms with E-state index in [4.69, 9.17) is 0 Å². The highest BCUT2D eigenvalue weighted by Crippen LogP contribution is 2.45. The zero-order valence-electron chi connectivity index (χ0n) is 23.3. The summed E-state index contributed by atoms with van der Waals surface area (Å²) in [6, 6.07) is 58.8. The lowest BCUT2D eigenvalue weighted by atomic mass is 9.82. The van der Waals surface area contributed by atoms with Gasteiger partial charge < -0.3 is 0 Å². The van der Waals surface area contributed by atoms with Gasteiger partial charge in [0.05, 0.1) is 0 Å². The molecule has 0 nitrogen and oxygen atoms in total. The topological polar surface area (TPSA) is 0 Å². The second kappa shape index (κ2) is 11.0. The van der Waals surface area contributed by atoms with Crippen molar-refractivity contribution in [3.63, 3.8) is 0 Å². The molecule has 42 heavy (non-hydrogen) atoms. The Morgan fingerprint density at radius 3 is 1.00 bits per heavy atom. The van der Waals surface area contributed by atoms with E-state index in [-0.39, 0.29) is 0 Å². The van der Waals surface area contributed by atoms with E-state index in [0.717, 1.165) is 12.8 Å². The van der Waals surface area contributed by atoms with Crippen molar-refractivity contribution < 1.29 is 0 Å². The smallest absolute Gasteiger partial charge is 0.00587 e. The lowest BCUT2D eigenvalue weighted by Gasteiger charge is -2.30. The largest absolute Gasteiger partial charge is 0.0622 e. The molecule has 2 aliphatic rings. The zero-order chi connectivity index (χ0) is 27.9. The maximum atomic E-state index is 2.41. The number of fused-ring (bicyclic) bond motifs is 1. The molecule has 200 valence electrons. The fraction of sp³-hybridized carbons (Fsp3) is 0.0500. The molecule has 0 N–H and O–H groups in total. The molecule has 0 aromatic heterocycles. The first-order valence-corrected chi connectivity index (χ1v) is 17.4. The maximum absolute atomic E-state index is 2.41. The van der Waals surface area contributed by atoms with Gasteiger partial charge >= 0.3 is 0 Å². The molecular formula is C40H30P2. The normalized spacial score (nSPS) is 12.5. The SMILES string of the molecule is c1ccc(P(c2ccccc2)c2cccc3c4c5cccc(P(c6ccccc6)c6ccccc6)c5c(c23)CC4)cc1. The zero-order valence-corrected chi connectivity index (χ0v) is 25.1. The fourth-order valence-electron chi connectivity index (χ4n) is 6.79. The van der Waals surface area contributed by atoms with Gasteiger partial charge in [0, 0.05) is 0 Å². The maximum Gasteiger partial charge on any atom is -0.00587 e. The van der Waals surface area contributed by atoms with Crippen molar-refractivity contribution in [2.45, 2.75) is 12.8 Å². The average Bonchev–Trinajstić information content (AvgIpc) is 3.07. The third kappa shape index (κ3) is 4.30. The van der Waals surface area contributed by atoms with Crippen LogP contribution in [0.1, 0.15) is 11.1 Å². The number of hydrogen-bond acceptors (Lipinski definition) is 0. The standard InChI is InChI=1S/C40H30P2/c1-5-15-29(16-6-1)41(30-17-7-2-8-18-30)37-25-13-23-34-33-27-28-36(39(34)37)40-35(33)24-14-26-38(40)42(31-19-9-3-10-20-31)32-21-11-4-12-22-32/h1-26H,27-28H2. The summed E-state index contributed by atoms with van der Waals surface area (Å²) in [6.45, 7) is 0. The van der Waals surface area contributed by atoms with Crippen molar-refractivity contribution in [3.8, 4) is 0 Å². The minimum Gasteiger partial charge on any atom is -0.0622 e. The minimum atomic E-state index is -0.703. The van der Waals surface area contributed by atoms with Gasteiger partial charge in [0.1, 0.15) is 0 Å². The van der Waals surface area contributed by atoms with Gasteiger partial charge in [-0.2, -0.15) is 0 Å². The lowest BCUT2D eigenvalue weighted by Crippen LogP contribution is -2.25. The molecule has 9 rings (SSSR count). The van der Waals surface area contributed by atoms with Crippen LogP contribution in [0, 0.1) is 0 Å². The van der Waals surface area contributed by atoms with Crippen LogP contribution < -0.4 is 31.8 Å². The van der Waals surface area contributed by atoms with Gasteiger partial charge in [0.25, 0.3) is 0 Å². The van der Waals surface area contributed by atoms with Crippen molar-refractivity contribution >= 4 is 69.2 Å². The first-order valence-electron chi connectivity index (χ1n) is 14.7. The van der Waals surface area contributed by atoms with Gasteiger partial charge in [-0.3, -0.25) is 0 Å². The Hall–Kier alpha value is -4.08. The van der Waals surface area contributed by atoms with Gasteiger partial charge in [-0.05, 0) is 93.2 Å². The Morgan fingerprint density at radius 2 is 0.643 bits per heavy atom. The Balaban J connectivity index is 1.46. The molecule has 7 aromatic carbocycles. The van der Waals surface area contributed by atoms with Gasteiger partial charge in [0.15, 0.2) is 0 Å². The second-order valence-corrected chi connectivity index (χ2v) is 15.2. The summed E-state index contributed by atoms with van der Waals surface area (Å²) in [5, 5.41) is 14.5. The number of benzene rings is 7. The second-order valence-electron chi connectivity index (χ2n) is 10.9. The van der Waals surface area contributed by atoms with E-state index < -0.39 is 15.8 Å². The molecule has 0 radical (unpaired) electrons. The highest BCUT2D eigenvalue weighted by molar-refractivity contribution is 7.80. The van der Waals surface area contributed by atoms with E-state index in [9.17, 15) is 0 Å². The highest BCUT2D eigenvalue weighted by atomic mass is 31.1. The number of aryl methyl sites for hydroxylation is 2. The number of rotatable bonds is 6. The molecule has 0 saturated carbocycles. The predicted molar refractivity (Wildman–Crippen MR) is 186 cm³/mol. The van der Waals surface area contributed by atoms with E-state index in [1.165, 1.54) is 58.9 Å². The van der Waals surface area contributed by atoms with Gasteiger partial charge in [-0.1, -0.05) is 158 Å². The van der Waals surface area contributed by atoms with Crippen LogP contribution in [-0.4, -0.2) is 0 Å².